The van der Waals surface area contributed by atoms with Gasteiger partial charge in [-0.25, -0.2) is 8.78 Å². The van der Waals surface area contributed by atoms with Crippen LogP contribution in [-0.2, 0) is 0 Å². The van der Waals surface area contributed by atoms with Crippen LogP contribution >= 0.6 is 15.9 Å². The zero-order chi connectivity index (χ0) is 11.3. The van der Waals surface area contributed by atoms with E-state index in [1.807, 2.05) is 4.90 Å². The molecule has 1 saturated carbocycles. The van der Waals surface area contributed by atoms with Crippen molar-refractivity contribution in [1.82, 2.24) is 0 Å². The molecule has 0 aromatic heterocycles. The fourth-order valence-corrected chi connectivity index (χ4v) is 3.15. The highest BCUT2D eigenvalue weighted by atomic mass is 79.9. The quantitative estimate of drug-likeness (QED) is 0.761. The molecule has 0 bridgehead atoms. The van der Waals surface area contributed by atoms with E-state index in [0.717, 1.165) is 13.1 Å². The number of rotatable bonds is 1. The Morgan fingerprint density at radius 3 is 2.12 bits per heavy atom. The Hall–Kier alpha value is -0.640. The molecular weight excluding hydrogens is 276 g/mol. The van der Waals surface area contributed by atoms with Crippen LogP contribution in [0.1, 0.15) is 19.3 Å². The Morgan fingerprint density at radius 1 is 1.12 bits per heavy atom. The lowest BCUT2D eigenvalue weighted by atomic mass is 9.63. The van der Waals surface area contributed by atoms with Gasteiger partial charge in [0.15, 0.2) is 11.6 Å². The van der Waals surface area contributed by atoms with E-state index in [0.29, 0.717) is 9.89 Å². The highest BCUT2D eigenvalue weighted by molar-refractivity contribution is 9.10. The van der Waals surface area contributed by atoms with Gasteiger partial charge >= 0.3 is 0 Å². The summed E-state index contributed by atoms with van der Waals surface area (Å²) in [5.74, 6) is -0.943. The highest BCUT2D eigenvalue weighted by Crippen LogP contribution is 2.50. The summed E-state index contributed by atoms with van der Waals surface area (Å²) in [5, 5.41) is 0. The van der Waals surface area contributed by atoms with Gasteiger partial charge in [-0.05, 0) is 25.0 Å². The summed E-state index contributed by atoms with van der Waals surface area (Å²) in [6.45, 7) is 1.62. The predicted molar refractivity (Wildman–Crippen MR) is 62.6 cm³/mol. The summed E-state index contributed by atoms with van der Waals surface area (Å²) >= 11 is 3.08. The topological polar surface area (TPSA) is 3.24 Å². The first-order valence-corrected chi connectivity index (χ1v) is 6.28. The summed E-state index contributed by atoms with van der Waals surface area (Å²) in [6.07, 6.45) is 3.69. The maximum Gasteiger partial charge on any atom is 0.150 e. The van der Waals surface area contributed by atoms with Gasteiger partial charge in [0.2, 0.25) is 0 Å². The van der Waals surface area contributed by atoms with Crippen molar-refractivity contribution in [1.29, 1.82) is 0 Å². The fraction of sp³-hybridized carbons (Fsp3) is 0.500. The smallest absolute Gasteiger partial charge is 0.150 e. The van der Waals surface area contributed by atoms with Crippen molar-refractivity contribution in [2.45, 2.75) is 19.3 Å². The zero-order valence-corrected chi connectivity index (χ0v) is 10.4. The molecule has 1 saturated heterocycles. The predicted octanol–water partition coefficient (Wildman–Crippen LogP) is 3.72. The Morgan fingerprint density at radius 2 is 1.69 bits per heavy atom. The minimum Gasteiger partial charge on any atom is -0.366 e. The van der Waals surface area contributed by atoms with E-state index in [-0.39, 0.29) is 5.69 Å². The molecule has 1 aromatic rings. The molecule has 1 heterocycles. The van der Waals surface area contributed by atoms with Crippen LogP contribution < -0.4 is 4.90 Å². The first kappa shape index (κ1) is 10.5. The summed E-state index contributed by atoms with van der Waals surface area (Å²) < 4.78 is 27.7. The summed E-state index contributed by atoms with van der Waals surface area (Å²) in [7, 11) is 0. The van der Waals surface area contributed by atoms with Gasteiger partial charge in [0.1, 0.15) is 5.69 Å². The van der Waals surface area contributed by atoms with Gasteiger partial charge in [-0.1, -0.05) is 22.4 Å². The average Bonchev–Trinajstić information content (AvgIpc) is 2.03. The standard InChI is InChI=1S/C12H12BrF2N/c13-8-4-9(14)11(10(15)5-8)16-6-12(7-16)2-1-3-12/h4-5H,1-3,6-7H2. The van der Waals surface area contributed by atoms with Crippen LogP contribution in [0.5, 0.6) is 0 Å². The number of halogens is 3. The molecule has 0 atom stereocenters. The molecule has 86 valence electrons. The monoisotopic (exact) mass is 287 g/mol. The number of hydrogen-bond acceptors (Lipinski definition) is 1. The molecule has 1 spiro atoms. The SMILES string of the molecule is Fc1cc(Br)cc(F)c1N1CC2(CCC2)C1. The largest absolute Gasteiger partial charge is 0.366 e. The van der Waals surface area contributed by atoms with Gasteiger partial charge in [0, 0.05) is 23.0 Å². The van der Waals surface area contributed by atoms with Gasteiger partial charge in [0.05, 0.1) is 0 Å². The van der Waals surface area contributed by atoms with Gasteiger partial charge in [-0.2, -0.15) is 0 Å². The second-order valence-corrected chi connectivity index (χ2v) is 5.84. The maximum absolute atomic E-state index is 13.6. The van der Waals surface area contributed by atoms with E-state index in [1.54, 1.807) is 0 Å². The second-order valence-electron chi connectivity index (χ2n) is 4.93. The van der Waals surface area contributed by atoms with Crippen LogP contribution in [0.4, 0.5) is 14.5 Å². The van der Waals surface area contributed by atoms with Crippen LogP contribution in [0, 0.1) is 17.0 Å². The Kier molecular flexibility index (Phi) is 2.25. The van der Waals surface area contributed by atoms with Crippen molar-refractivity contribution in [2.24, 2.45) is 5.41 Å². The molecule has 1 aliphatic heterocycles. The normalized spacial score (nSPS) is 21.8. The summed E-state index contributed by atoms with van der Waals surface area (Å²) in [6, 6.07) is 2.65. The van der Waals surface area contributed by atoms with E-state index in [2.05, 4.69) is 15.9 Å². The molecule has 2 aliphatic rings. The van der Waals surface area contributed by atoms with Crippen molar-refractivity contribution in [3.8, 4) is 0 Å². The number of benzene rings is 1. The second kappa shape index (κ2) is 3.42. The zero-order valence-electron chi connectivity index (χ0n) is 8.77. The van der Waals surface area contributed by atoms with Crippen LogP contribution in [0.3, 0.4) is 0 Å². The third-order valence-corrected chi connectivity index (χ3v) is 4.22. The van der Waals surface area contributed by atoms with E-state index < -0.39 is 11.6 Å². The number of hydrogen-bond donors (Lipinski definition) is 0. The van der Waals surface area contributed by atoms with Crippen LogP contribution in [0.15, 0.2) is 16.6 Å². The lowest BCUT2D eigenvalue weighted by Gasteiger charge is -2.56. The Balaban J connectivity index is 1.85. The lowest BCUT2D eigenvalue weighted by molar-refractivity contribution is 0.0890. The molecule has 0 N–H and O–H groups in total. The van der Waals surface area contributed by atoms with Crippen molar-refractivity contribution in [3.05, 3.63) is 28.2 Å². The molecule has 4 heteroatoms. The third-order valence-electron chi connectivity index (χ3n) is 3.76. The number of nitrogens with zero attached hydrogens (tertiary/aromatic N) is 1. The van der Waals surface area contributed by atoms with Crippen molar-refractivity contribution >= 4 is 21.6 Å². The van der Waals surface area contributed by atoms with Crippen molar-refractivity contribution < 1.29 is 8.78 Å². The van der Waals surface area contributed by atoms with E-state index in [1.165, 1.54) is 31.4 Å². The van der Waals surface area contributed by atoms with Gasteiger partial charge < -0.3 is 4.90 Å². The minimum absolute atomic E-state index is 0.140. The first-order chi connectivity index (χ1) is 7.60. The Bertz CT molecular complexity index is 412. The van der Waals surface area contributed by atoms with Crippen LogP contribution in [0.2, 0.25) is 0 Å². The molecule has 3 rings (SSSR count). The van der Waals surface area contributed by atoms with Crippen LogP contribution in [0.25, 0.3) is 0 Å². The molecule has 0 radical (unpaired) electrons. The van der Waals surface area contributed by atoms with E-state index in [4.69, 9.17) is 0 Å². The van der Waals surface area contributed by atoms with E-state index >= 15 is 0 Å². The molecule has 2 fully saturated rings. The van der Waals surface area contributed by atoms with Gasteiger partial charge in [0.25, 0.3) is 0 Å². The highest BCUT2D eigenvalue weighted by Gasteiger charge is 2.48. The van der Waals surface area contributed by atoms with Gasteiger partial charge in [-0.3, -0.25) is 0 Å². The van der Waals surface area contributed by atoms with E-state index in [9.17, 15) is 8.78 Å². The summed E-state index contributed by atoms with van der Waals surface area (Å²) in [5.41, 5.74) is 0.520. The first-order valence-electron chi connectivity index (χ1n) is 5.49. The average molecular weight is 288 g/mol. The van der Waals surface area contributed by atoms with Gasteiger partial charge in [-0.15, -0.1) is 0 Å². The summed E-state index contributed by atoms with van der Waals surface area (Å²) in [4.78, 5) is 1.82. The molecule has 1 nitrogen and oxygen atoms in total. The maximum atomic E-state index is 13.6. The molecule has 1 aliphatic carbocycles. The molecule has 1 aromatic carbocycles. The molecule has 0 unspecified atom stereocenters. The fourth-order valence-electron chi connectivity index (χ4n) is 2.75. The molecule has 16 heavy (non-hydrogen) atoms. The minimum atomic E-state index is -0.471. The molecular formula is C12H12BrF2N. The molecule has 0 amide bonds. The van der Waals surface area contributed by atoms with Crippen molar-refractivity contribution in [3.63, 3.8) is 0 Å². The Labute approximate surface area is 102 Å². The lowest BCUT2D eigenvalue weighted by Crippen LogP contribution is -2.60. The van der Waals surface area contributed by atoms with Crippen LogP contribution in [-0.4, -0.2) is 13.1 Å². The number of anilines is 1. The third kappa shape index (κ3) is 1.46. The van der Waals surface area contributed by atoms with Crippen molar-refractivity contribution in [2.75, 3.05) is 18.0 Å².